The van der Waals surface area contributed by atoms with Gasteiger partial charge in [-0.25, -0.2) is 18.4 Å². The van der Waals surface area contributed by atoms with Crippen LogP contribution in [-0.2, 0) is 11.3 Å². The zero-order valence-electron chi connectivity index (χ0n) is 23.7. The normalized spacial score (nSPS) is 14.1. The lowest BCUT2D eigenvalue weighted by Gasteiger charge is -2.34. The van der Waals surface area contributed by atoms with Crippen LogP contribution >= 0.6 is 23.7 Å². The Morgan fingerprint density at radius 3 is 2.21 bits per heavy atom. The van der Waals surface area contributed by atoms with Gasteiger partial charge >= 0.3 is 11.8 Å². The highest BCUT2D eigenvalue weighted by Gasteiger charge is 2.30. The van der Waals surface area contributed by atoms with Crippen LogP contribution in [0.25, 0.3) is 20.7 Å². The Balaban J connectivity index is 0.00000405. The predicted molar refractivity (Wildman–Crippen MR) is 161 cm³/mol. The Labute approximate surface area is 251 Å². The minimum absolute atomic E-state index is 0. The highest BCUT2D eigenvalue weighted by atomic mass is 35.5. The zero-order valence-corrected chi connectivity index (χ0v) is 25.3. The van der Waals surface area contributed by atoms with Crippen molar-refractivity contribution in [1.82, 2.24) is 14.0 Å². The summed E-state index contributed by atoms with van der Waals surface area (Å²) in [5.74, 6) is -2.27. The third kappa shape index (κ3) is 6.22. The molecule has 224 valence electrons. The number of benzene rings is 2. The van der Waals surface area contributed by atoms with E-state index in [0.717, 1.165) is 22.6 Å². The van der Waals surface area contributed by atoms with E-state index in [1.165, 1.54) is 27.6 Å². The van der Waals surface area contributed by atoms with Gasteiger partial charge in [0.1, 0.15) is 10.3 Å². The van der Waals surface area contributed by atoms with Crippen LogP contribution in [0.4, 0.5) is 13.6 Å². The van der Waals surface area contributed by atoms with Gasteiger partial charge < -0.3 is 14.4 Å². The van der Waals surface area contributed by atoms with E-state index in [9.17, 15) is 23.2 Å². The van der Waals surface area contributed by atoms with Crippen molar-refractivity contribution in [3.05, 3.63) is 86.6 Å². The lowest BCUT2D eigenvalue weighted by atomic mass is 10.1. The van der Waals surface area contributed by atoms with Crippen molar-refractivity contribution in [2.45, 2.75) is 51.8 Å². The molecule has 0 aliphatic carbocycles. The standard InChI is InChI=1S/C30H31F2N3O5S.ClH/c1-30(2,3)40-29(38)33-12-10-20(11-13-33)35-27(36)26-23(16-24(41-26)19-8-6-5-7-9-19)34(28(35)37)17-18-14-21(31)25(39-4)22(32)15-18;/h5-9,14-16,20H,10-13,17H2,1-4H3;1H. The van der Waals surface area contributed by atoms with Gasteiger partial charge in [-0.2, -0.15) is 0 Å². The summed E-state index contributed by atoms with van der Waals surface area (Å²) in [6.07, 6.45) is 0.316. The van der Waals surface area contributed by atoms with E-state index in [2.05, 4.69) is 0 Å². The minimum atomic E-state index is -0.884. The van der Waals surface area contributed by atoms with Gasteiger partial charge in [-0.3, -0.25) is 13.9 Å². The molecule has 1 aliphatic heterocycles. The molecule has 3 heterocycles. The van der Waals surface area contributed by atoms with Gasteiger partial charge in [0.05, 0.1) is 19.2 Å². The number of nitrogens with zero attached hydrogens (tertiary/aromatic N) is 3. The molecule has 0 spiro atoms. The molecule has 0 unspecified atom stereocenters. The van der Waals surface area contributed by atoms with Crippen molar-refractivity contribution >= 4 is 40.1 Å². The molecule has 2 aromatic carbocycles. The smallest absolute Gasteiger partial charge is 0.410 e. The van der Waals surface area contributed by atoms with Gasteiger partial charge in [0.2, 0.25) is 0 Å². The quantitative estimate of drug-likeness (QED) is 0.265. The van der Waals surface area contributed by atoms with Gasteiger partial charge in [-0.05, 0) is 62.9 Å². The van der Waals surface area contributed by atoms with Gasteiger partial charge in [0.25, 0.3) is 5.56 Å². The van der Waals surface area contributed by atoms with Crippen LogP contribution in [-0.4, -0.2) is 45.9 Å². The zero-order chi connectivity index (χ0) is 29.5. The van der Waals surface area contributed by atoms with Crippen molar-refractivity contribution in [2.24, 2.45) is 0 Å². The maximum Gasteiger partial charge on any atom is 0.410 e. The molecule has 12 heteroatoms. The number of amides is 1. The molecule has 1 amide bonds. The number of carbonyl (C=O) groups is 1. The molecular formula is C30H32ClF2N3O5S. The van der Waals surface area contributed by atoms with Crippen molar-refractivity contribution in [3.63, 3.8) is 0 Å². The lowest BCUT2D eigenvalue weighted by molar-refractivity contribution is 0.0186. The molecular weight excluding hydrogens is 588 g/mol. The summed E-state index contributed by atoms with van der Waals surface area (Å²) in [6.45, 7) is 5.85. The first-order valence-corrected chi connectivity index (χ1v) is 14.1. The third-order valence-electron chi connectivity index (χ3n) is 7.00. The summed E-state index contributed by atoms with van der Waals surface area (Å²) in [6, 6.07) is 13.0. The number of fused-ring (bicyclic) bond motifs is 1. The summed E-state index contributed by atoms with van der Waals surface area (Å²) in [7, 11) is 1.18. The Morgan fingerprint density at radius 2 is 1.64 bits per heavy atom. The number of hydrogen-bond acceptors (Lipinski definition) is 6. The second kappa shape index (κ2) is 12.3. The summed E-state index contributed by atoms with van der Waals surface area (Å²) in [4.78, 5) is 42.7. The van der Waals surface area contributed by atoms with Crippen molar-refractivity contribution in [1.29, 1.82) is 0 Å². The number of thiophene rings is 1. The van der Waals surface area contributed by atoms with Gasteiger partial charge in [-0.15, -0.1) is 23.7 Å². The largest absolute Gasteiger partial charge is 0.491 e. The van der Waals surface area contributed by atoms with Gasteiger partial charge in [0.15, 0.2) is 17.4 Å². The van der Waals surface area contributed by atoms with Crippen molar-refractivity contribution < 1.29 is 23.0 Å². The molecule has 1 saturated heterocycles. The lowest BCUT2D eigenvalue weighted by Crippen LogP contribution is -2.47. The summed E-state index contributed by atoms with van der Waals surface area (Å²) in [5.41, 5.74) is -0.154. The fourth-order valence-corrected chi connectivity index (χ4v) is 6.20. The van der Waals surface area contributed by atoms with E-state index in [1.807, 2.05) is 30.3 Å². The topological polar surface area (TPSA) is 82.8 Å². The highest BCUT2D eigenvalue weighted by molar-refractivity contribution is 7.22. The number of carbonyl (C=O) groups excluding carboxylic acids is 1. The highest BCUT2D eigenvalue weighted by Crippen LogP contribution is 2.33. The first-order chi connectivity index (χ1) is 19.5. The van der Waals surface area contributed by atoms with Crippen molar-refractivity contribution in [3.8, 4) is 16.2 Å². The molecule has 0 atom stereocenters. The molecule has 1 fully saturated rings. The van der Waals surface area contributed by atoms with Crippen LogP contribution in [0, 0.1) is 11.6 Å². The molecule has 0 saturated carbocycles. The maximum absolute atomic E-state index is 14.5. The van der Waals surface area contributed by atoms with Crippen LogP contribution in [0.1, 0.15) is 45.2 Å². The van der Waals surface area contributed by atoms with E-state index in [-0.39, 0.29) is 24.5 Å². The van der Waals surface area contributed by atoms with E-state index in [1.54, 1.807) is 31.7 Å². The number of rotatable bonds is 5. The first-order valence-electron chi connectivity index (χ1n) is 13.3. The minimum Gasteiger partial charge on any atom is -0.491 e. The molecule has 5 rings (SSSR count). The Bertz CT molecular complexity index is 1700. The molecule has 42 heavy (non-hydrogen) atoms. The summed E-state index contributed by atoms with van der Waals surface area (Å²) < 4.78 is 42.3. The van der Waals surface area contributed by atoms with E-state index < -0.39 is 46.4 Å². The molecule has 0 radical (unpaired) electrons. The number of halogens is 3. The molecule has 0 N–H and O–H groups in total. The Hall–Kier alpha value is -3.70. The monoisotopic (exact) mass is 619 g/mol. The van der Waals surface area contributed by atoms with Crippen LogP contribution in [0.15, 0.2) is 58.1 Å². The molecule has 8 nitrogen and oxygen atoms in total. The van der Waals surface area contributed by atoms with Crippen LogP contribution in [0.3, 0.4) is 0 Å². The second-order valence-corrected chi connectivity index (χ2v) is 12.1. The number of aromatic nitrogens is 2. The maximum atomic E-state index is 14.5. The average molecular weight is 620 g/mol. The summed E-state index contributed by atoms with van der Waals surface area (Å²) in [5, 5.41) is 0. The van der Waals surface area contributed by atoms with E-state index in [0.29, 0.717) is 36.1 Å². The Kier molecular flexibility index (Phi) is 9.12. The fourth-order valence-electron chi connectivity index (χ4n) is 5.10. The number of methoxy groups -OCH3 is 1. The second-order valence-electron chi connectivity index (χ2n) is 11.0. The Morgan fingerprint density at radius 1 is 1.02 bits per heavy atom. The molecule has 0 bridgehead atoms. The number of likely N-dealkylation sites (tertiary alicyclic amines) is 1. The van der Waals surface area contributed by atoms with E-state index >= 15 is 0 Å². The van der Waals surface area contributed by atoms with Crippen LogP contribution in [0.2, 0.25) is 0 Å². The van der Waals surface area contributed by atoms with Crippen LogP contribution in [0.5, 0.6) is 5.75 Å². The van der Waals surface area contributed by atoms with Gasteiger partial charge in [-0.1, -0.05) is 30.3 Å². The number of piperidine rings is 1. The van der Waals surface area contributed by atoms with Crippen molar-refractivity contribution in [2.75, 3.05) is 20.2 Å². The fraction of sp³-hybridized carbons (Fsp3) is 0.367. The predicted octanol–water partition coefficient (Wildman–Crippen LogP) is 6.22. The molecule has 1 aliphatic rings. The molecule has 4 aromatic rings. The first kappa shape index (κ1) is 31.2. The van der Waals surface area contributed by atoms with Gasteiger partial charge in [0, 0.05) is 24.0 Å². The number of hydrogen-bond donors (Lipinski definition) is 0. The SMILES string of the molecule is COc1c(F)cc(Cn2c(=O)n(C3CCN(C(=O)OC(C)(C)C)CC3)c(=O)c3sc(-c4ccccc4)cc32)cc1F.Cl. The molecule has 2 aromatic heterocycles. The van der Waals surface area contributed by atoms with Crippen LogP contribution < -0.4 is 16.0 Å². The van der Waals surface area contributed by atoms with E-state index in [4.69, 9.17) is 9.47 Å². The number of ether oxygens (including phenoxy) is 2. The third-order valence-corrected chi connectivity index (χ3v) is 8.16. The average Bonchev–Trinajstić information content (AvgIpc) is 3.37. The summed E-state index contributed by atoms with van der Waals surface area (Å²) >= 11 is 1.27.